The maximum Gasteiger partial charge on any atom is 0.233 e. The Morgan fingerprint density at radius 2 is 1.79 bits per heavy atom. The number of phenolic OH excluding ortho intramolecular Hbond substituents is 1. The highest BCUT2D eigenvalue weighted by molar-refractivity contribution is 9.15. The van der Waals surface area contributed by atoms with Crippen molar-refractivity contribution >= 4 is 26.5 Å². The number of nitrogens with zero attached hydrogens (tertiary/aromatic N) is 1. The van der Waals surface area contributed by atoms with Crippen molar-refractivity contribution in [3.05, 3.63) is 71.0 Å². The molecule has 3 aromatic rings. The lowest BCUT2D eigenvalue weighted by molar-refractivity contribution is 0.467. The fourth-order valence-corrected chi connectivity index (χ4v) is 2.86. The summed E-state index contributed by atoms with van der Waals surface area (Å²) in [4.78, 5) is 4.25. The number of benzene rings is 2. The van der Waals surface area contributed by atoms with Gasteiger partial charge in [-0.05, 0) is 88.9 Å². The van der Waals surface area contributed by atoms with Crippen LogP contribution in [0.2, 0.25) is 0 Å². The van der Waals surface area contributed by atoms with Crippen LogP contribution in [0.1, 0.15) is 22.6 Å². The molecule has 1 aromatic heterocycles. The van der Waals surface area contributed by atoms with E-state index in [1.54, 1.807) is 18.3 Å². The number of halogens is 2. The smallest absolute Gasteiger partial charge is 0.233 e. The van der Waals surface area contributed by atoms with Crippen molar-refractivity contribution in [3.8, 4) is 17.1 Å². The van der Waals surface area contributed by atoms with Crippen molar-refractivity contribution in [3.63, 3.8) is 0 Å². The molecule has 0 bridgehead atoms. The van der Waals surface area contributed by atoms with Gasteiger partial charge in [-0.1, -0.05) is 0 Å². The second-order valence-corrected chi connectivity index (χ2v) is 6.39. The molecule has 0 aliphatic rings. The number of aromatic hydroxyl groups is 1. The summed E-state index contributed by atoms with van der Waals surface area (Å²) >= 11 is 3.47. The summed E-state index contributed by atoms with van der Waals surface area (Å²) in [5.74, 6) is 1.00. The summed E-state index contributed by atoms with van der Waals surface area (Å²) in [6.45, 7) is 3.71. The SMILES string of the molecule is Cc1cc(/C=C(\Br)c2ncc(-c3ccc(F)cc3)o2)cc(C)c1O. The quantitative estimate of drug-likeness (QED) is 0.627. The molecule has 0 aliphatic heterocycles. The lowest BCUT2D eigenvalue weighted by atomic mass is 10.1. The van der Waals surface area contributed by atoms with E-state index in [1.165, 1.54) is 12.1 Å². The Hall–Kier alpha value is -2.40. The van der Waals surface area contributed by atoms with E-state index in [1.807, 2.05) is 32.1 Å². The molecule has 0 aliphatic carbocycles. The molecule has 122 valence electrons. The predicted octanol–water partition coefficient (Wildman–Crippen LogP) is 5.70. The fraction of sp³-hybridized carbons (Fsp3) is 0.105. The van der Waals surface area contributed by atoms with Gasteiger partial charge in [0.1, 0.15) is 11.6 Å². The number of aromatic nitrogens is 1. The summed E-state index contributed by atoms with van der Waals surface area (Å²) in [5, 5.41) is 9.84. The molecule has 0 amide bonds. The molecule has 5 heteroatoms. The van der Waals surface area contributed by atoms with Crippen LogP contribution in [0.25, 0.3) is 21.9 Å². The minimum atomic E-state index is -0.294. The Morgan fingerprint density at radius 3 is 2.42 bits per heavy atom. The van der Waals surface area contributed by atoms with Crippen LogP contribution >= 0.6 is 15.9 Å². The van der Waals surface area contributed by atoms with E-state index in [0.717, 1.165) is 22.3 Å². The molecule has 0 fully saturated rings. The highest BCUT2D eigenvalue weighted by Gasteiger charge is 2.10. The molecule has 0 radical (unpaired) electrons. The van der Waals surface area contributed by atoms with Gasteiger partial charge in [0.15, 0.2) is 5.76 Å². The van der Waals surface area contributed by atoms with E-state index < -0.39 is 0 Å². The first kappa shape index (κ1) is 16.5. The Kier molecular flexibility index (Phi) is 4.53. The summed E-state index contributed by atoms with van der Waals surface area (Å²) < 4.78 is 19.4. The van der Waals surface area contributed by atoms with Crippen LogP contribution in [0, 0.1) is 19.7 Å². The first-order chi connectivity index (χ1) is 11.4. The molecule has 0 unspecified atom stereocenters. The lowest BCUT2D eigenvalue weighted by Gasteiger charge is -2.05. The van der Waals surface area contributed by atoms with E-state index in [4.69, 9.17) is 4.42 Å². The van der Waals surface area contributed by atoms with Gasteiger partial charge in [0.25, 0.3) is 0 Å². The number of rotatable bonds is 3. The second kappa shape index (κ2) is 6.61. The summed E-state index contributed by atoms with van der Waals surface area (Å²) in [5.41, 5.74) is 3.30. The maximum atomic E-state index is 13.0. The number of aryl methyl sites for hydroxylation is 2. The monoisotopic (exact) mass is 387 g/mol. The highest BCUT2D eigenvalue weighted by atomic mass is 79.9. The third kappa shape index (κ3) is 3.41. The van der Waals surface area contributed by atoms with Crippen LogP contribution in [0.5, 0.6) is 5.75 Å². The first-order valence-corrected chi connectivity index (χ1v) is 8.13. The minimum absolute atomic E-state index is 0.294. The molecule has 2 aromatic carbocycles. The number of hydrogen-bond donors (Lipinski definition) is 1. The Bertz CT molecular complexity index is 890. The van der Waals surface area contributed by atoms with Gasteiger partial charge in [0, 0.05) is 5.56 Å². The van der Waals surface area contributed by atoms with E-state index in [-0.39, 0.29) is 5.82 Å². The van der Waals surface area contributed by atoms with Gasteiger partial charge in [-0.25, -0.2) is 9.37 Å². The van der Waals surface area contributed by atoms with Gasteiger partial charge in [-0.15, -0.1) is 0 Å². The van der Waals surface area contributed by atoms with Crippen molar-refractivity contribution in [1.82, 2.24) is 4.98 Å². The van der Waals surface area contributed by atoms with Crippen LogP contribution in [0.4, 0.5) is 4.39 Å². The van der Waals surface area contributed by atoms with Gasteiger partial charge >= 0.3 is 0 Å². The number of oxazole rings is 1. The van der Waals surface area contributed by atoms with Crippen molar-refractivity contribution < 1.29 is 13.9 Å². The molecule has 0 spiro atoms. The molecule has 3 nitrogen and oxygen atoms in total. The molecule has 1 heterocycles. The normalized spacial score (nSPS) is 11.8. The summed E-state index contributed by atoms with van der Waals surface area (Å²) in [6, 6.07) is 9.81. The average molecular weight is 388 g/mol. The Balaban J connectivity index is 1.90. The molecule has 1 N–H and O–H groups in total. The first-order valence-electron chi connectivity index (χ1n) is 7.33. The van der Waals surface area contributed by atoms with Crippen molar-refractivity contribution in [1.29, 1.82) is 0 Å². The number of hydrogen-bond acceptors (Lipinski definition) is 3. The van der Waals surface area contributed by atoms with Gasteiger partial charge in [0.05, 0.1) is 10.7 Å². The molecule has 0 saturated carbocycles. The molecule has 0 saturated heterocycles. The molecular formula is C19H15BrFNO2. The fourth-order valence-electron chi connectivity index (χ4n) is 2.41. The molecule has 0 atom stereocenters. The van der Waals surface area contributed by atoms with Crippen LogP contribution in [-0.4, -0.2) is 10.1 Å². The third-order valence-corrected chi connectivity index (χ3v) is 4.21. The zero-order chi connectivity index (χ0) is 17.3. The van der Waals surface area contributed by atoms with Crippen LogP contribution in [-0.2, 0) is 0 Å². The molecule has 24 heavy (non-hydrogen) atoms. The molecule has 3 rings (SSSR count). The summed E-state index contributed by atoms with van der Waals surface area (Å²) in [6.07, 6.45) is 3.48. The predicted molar refractivity (Wildman–Crippen MR) is 96.3 cm³/mol. The van der Waals surface area contributed by atoms with E-state index in [9.17, 15) is 9.50 Å². The van der Waals surface area contributed by atoms with Crippen molar-refractivity contribution in [2.75, 3.05) is 0 Å². The Labute approximate surface area is 147 Å². The topological polar surface area (TPSA) is 46.3 Å². The molecular weight excluding hydrogens is 373 g/mol. The van der Waals surface area contributed by atoms with Crippen LogP contribution in [0.3, 0.4) is 0 Å². The van der Waals surface area contributed by atoms with E-state index >= 15 is 0 Å². The minimum Gasteiger partial charge on any atom is -0.507 e. The van der Waals surface area contributed by atoms with E-state index in [0.29, 0.717) is 21.9 Å². The third-order valence-electron chi connectivity index (χ3n) is 3.65. The van der Waals surface area contributed by atoms with Gasteiger partial charge < -0.3 is 9.52 Å². The number of phenols is 1. The zero-order valence-electron chi connectivity index (χ0n) is 13.2. The Morgan fingerprint density at radius 1 is 1.17 bits per heavy atom. The zero-order valence-corrected chi connectivity index (χ0v) is 14.8. The largest absolute Gasteiger partial charge is 0.507 e. The van der Waals surface area contributed by atoms with Crippen molar-refractivity contribution in [2.45, 2.75) is 13.8 Å². The van der Waals surface area contributed by atoms with Crippen LogP contribution in [0.15, 0.2) is 47.0 Å². The van der Waals surface area contributed by atoms with Crippen LogP contribution < -0.4 is 0 Å². The maximum absolute atomic E-state index is 13.0. The van der Waals surface area contributed by atoms with Gasteiger partial charge in [-0.3, -0.25) is 0 Å². The van der Waals surface area contributed by atoms with Crippen molar-refractivity contribution in [2.24, 2.45) is 0 Å². The van der Waals surface area contributed by atoms with Gasteiger partial charge in [0.2, 0.25) is 5.89 Å². The lowest BCUT2D eigenvalue weighted by Crippen LogP contribution is -1.84. The van der Waals surface area contributed by atoms with E-state index in [2.05, 4.69) is 20.9 Å². The van der Waals surface area contributed by atoms with Gasteiger partial charge in [-0.2, -0.15) is 0 Å². The average Bonchev–Trinajstić information content (AvgIpc) is 3.03. The standard InChI is InChI=1S/C19H15BrFNO2/c1-11-7-13(8-12(2)18(11)23)9-16(20)19-22-10-17(24-19)14-3-5-15(21)6-4-14/h3-10,23H,1-2H3/b16-9-. The summed E-state index contributed by atoms with van der Waals surface area (Å²) in [7, 11) is 0. The second-order valence-electron chi connectivity index (χ2n) is 5.53. The highest BCUT2D eigenvalue weighted by Crippen LogP contribution is 2.30.